The topological polar surface area (TPSA) is 59.6 Å². The monoisotopic (exact) mass is 370 g/mol. The highest BCUT2D eigenvalue weighted by Crippen LogP contribution is 2.16. The number of para-hydroxylation sites is 1. The number of ether oxygens (including phenoxy) is 2. The predicted octanol–water partition coefficient (Wildman–Crippen LogP) is 4.27. The van der Waals surface area contributed by atoms with E-state index in [-0.39, 0.29) is 6.09 Å². The van der Waals surface area contributed by atoms with Gasteiger partial charge in [0.25, 0.3) is 0 Å². The molecule has 2 aromatic carbocycles. The lowest BCUT2D eigenvalue weighted by Crippen LogP contribution is -2.25. The molecule has 0 aromatic heterocycles. The molecular formula is C22H30N2O3. The van der Waals surface area contributed by atoms with Gasteiger partial charge in [-0.2, -0.15) is 0 Å². The molecule has 0 bridgehead atoms. The summed E-state index contributed by atoms with van der Waals surface area (Å²) in [5.74, 6) is 0.926. The van der Waals surface area contributed by atoms with E-state index in [9.17, 15) is 4.79 Å². The average Bonchev–Trinajstić information content (AvgIpc) is 2.72. The first-order valence-corrected chi connectivity index (χ1v) is 9.57. The number of rotatable bonds is 12. The first-order chi connectivity index (χ1) is 13.3. The van der Waals surface area contributed by atoms with Gasteiger partial charge in [-0.1, -0.05) is 61.4 Å². The maximum absolute atomic E-state index is 11.6. The first-order valence-electron chi connectivity index (χ1n) is 9.57. The maximum atomic E-state index is 11.6. The minimum atomic E-state index is -0.350. The molecule has 5 heteroatoms. The van der Waals surface area contributed by atoms with Crippen LogP contribution < -0.4 is 15.4 Å². The van der Waals surface area contributed by atoms with Crippen LogP contribution in [-0.2, 0) is 17.9 Å². The normalized spacial score (nSPS) is 10.4. The number of alkyl carbamates (subject to hydrolysis) is 1. The summed E-state index contributed by atoms with van der Waals surface area (Å²) in [6, 6.07) is 17.8. The van der Waals surface area contributed by atoms with Gasteiger partial charge in [0.2, 0.25) is 0 Å². The van der Waals surface area contributed by atoms with Gasteiger partial charge in [0.05, 0.1) is 7.11 Å². The second-order valence-electron chi connectivity index (χ2n) is 6.39. The summed E-state index contributed by atoms with van der Waals surface area (Å²) in [5, 5.41) is 6.25. The second-order valence-corrected chi connectivity index (χ2v) is 6.39. The Hall–Kier alpha value is -2.53. The van der Waals surface area contributed by atoms with Crippen molar-refractivity contribution in [3.05, 3.63) is 65.7 Å². The van der Waals surface area contributed by atoms with E-state index in [1.54, 1.807) is 7.11 Å². The molecule has 0 aliphatic carbocycles. The summed E-state index contributed by atoms with van der Waals surface area (Å²) in [6.07, 6.45) is 3.97. The predicted molar refractivity (Wildman–Crippen MR) is 108 cm³/mol. The molecule has 0 radical (unpaired) electrons. The zero-order chi connectivity index (χ0) is 19.2. The Kier molecular flexibility index (Phi) is 9.82. The van der Waals surface area contributed by atoms with Crippen LogP contribution in [0.4, 0.5) is 4.79 Å². The zero-order valence-corrected chi connectivity index (χ0v) is 16.1. The van der Waals surface area contributed by atoms with E-state index in [0.717, 1.165) is 50.1 Å². The molecule has 146 valence electrons. The lowest BCUT2D eigenvalue weighted by Gasteiger charge is -2.09. The van der Waals surface area contributed by atoms with Crippen LogP contribution in [0.1, 0.15) is 36.8 Å². The molecule has 2 rings (SSSR count). The summed E-state index contributed by atoms with van der Waals surface area (Å²) in [7, 11) is 1.70. The molecule has 0 heterocycles. The number of hydrogen-bond donors (Lipinski definition) is 2. The third kappa shape index (κ3) is 8.60. The number of nitrogens with one attached hydrogen (secondary N) is 2. The summed E-state index contributed by atoms with van der Waals surface area (Å²) in [5.41, 5.74) is 2.17. The molecular weight excluding hydrogens is 340 g/mol. The Morgan fingerprint density at radius 1 is 0.889 bits per heavy atom. The summed E-state index contributed by atoms with van der Waals surface area (Å²) < 4.78 is 10.5. The van der Waals surface area contributed by atoms with Gasteiger partial charge in [-0.3, -0.25) is 0 Å². The fourth-order valence-electron chi connectivity index (χ4n) is 2.77. The fraction of sp³-hybridized carbons (Fsp3) is 0.409. The van der Waals surface area contributed by atoms with Crippen LogP contribution in [0.3, 0.4) is 0 Å². The van der Waals surface area contributed by atoms with Crippen LogP contribution in [0.15, 0.2) is 54.6 Å². The molecule has 0 atom stereocenters. The van der Waals surface area contributed by atoms with Gasteiger partial charge in [-0.05, 0) is 31.0 Å². The molecule has 0 unspecified atom stereocenters. The van der Waals surface area contributed by atoms with E-state index in [1.165, 1.54) is 5.56 Å². The zero-order valence-electron chi connectivity index (χ0n) is 16.1. The van der Waals surface area contributed by atoms with Gasteiger partial charge >= 0.3 is 6.09 Å². The number of unbranched alkanes of at least 4 members (excludes halogenated alkanes) is 3. The Morgan fingerprint density at radius 2 is 1.59 bits per heavy atom. The quantitative estimate of drug-likeness (QED) is 0.548. The van der Waals surface area contributed by atoms with Crippen LogP contribution in [0.5, 0.6) is 5.75 Å². The van der Waals surface area contributed by atoms with Gasteiger partial charge in [-0.25, -0.2) is 4.79 Å². The molecule has 0 aliphatic heterocycles. The van der Waals surface area contributed by atoms with Crippen LogP contribution in [0.25, 0.3) is 0 Å². The third-order valence-corrected chi connectivity index (χ3v) is 4.27. The van der Waals surface area contributed by atoms with E-state index in [0.29, 0.717) is 13.2 Å². The first kappa shape index (κ1) is 20.8. The van der Waals surface area contributed by atoms with E-state index in [4.69, 9.17) is 9.47 Å². The SMILES string of the molecule is COc1ccccc1CNCCCCCCNC(=O)OCc1ccccc1. The molecule has 2 N–H and O–H groups in total. The second kappa shape index (κ2) is 12.8. The van der Waals surface area contributed by atoms with Gasteiger partial charge in [0, 0.05) is 18.7 Å². The number of carbonyl (C=O) groups excluding carboxylic acids is 1. The number of carbonyl (C=O) groups is 1. The lowest BCUT2D eigenvalue weighted by atomic mass is 10.1. The van der Waals surface area contributed by atoms with Crippen molar-refractivity contribution in [3.8, 4) is 5.75 Å². The summed E-state index contributed by atoms with van der Waals surface area (Å²) >= 11 is 0. The van der Waals surface area contributed by atoms with Crippen LogP contribution in [0, 0.1) is 0 Å². The van der Waals surface area contributed by atoms with Crippen molar-refractivity contribution in [2.24, 2.45) is 0 Å². The highest BCUT2D eigenvalue weighted by Gasteiger charge is 2.02. The van der Waals surface area contributed by atoms with E-state index in [2.05, 4.69) is 16.7 Å². The lowest BCUT2D eigenvalue weighted by molar-refractivity contribution is 0.139. The van der Waals surface area contributed by atoms with Crippen molar-refractivity contribution >= 4 is 6.09 Å². The summed E-state index contributed by atoms with van der Waals surface area (Å²) in [4.78, 5) is 11.6. The minimum Gasteiger partial charge on any atom is -0.496 e. The van der Waals surface area contributed by atoms with Crippen molar-refractivity contribution < 1.29 is 14.3 Å². The van der Waals surface area contributed by atoms with Crippen molar-refractivity contribution in [2.45, 2.75) is 38.8 Å². The highest BCUT2D eigenvalue weighted by atomic mass is 16.5. The number of methoxy groups -OCH3 is 1. The van der Waals surface area contributed by atoms with Crippen molar-refractivity contribution in [3.63, 3.8) is 0 Å². The standard InChI is InChI=1S/C22H30N2O3/c1-26-21-14-8-7-13-20(21)17-23-15-9-2-3-10-16-24-22(25)27-18-19-11-5-4-6-12-19/h4-8,11-14,23H,2-3,9-10,15-18H2,1H3,(H,24,25). The van der Waals surface area contributed by atoms with Gasteiger partial charge in [0.1, 0.15) is 12.4 Å². The van der Waals surface area contributed by atoms with Crippen molar-refractivity contribution in [1.29, 1.82) is 0 Å². The molecule has 27 heavy (non-hydrogen) atoms. The average molecular weight is 370 g/mol. The largest absolute Gasteiger partial charge is 0.496 e. The Balaban J connectivity index is 1.43. The molecule has 1 amide bonds. The smallest absolute Gasteiger partial charge is 0.407 e. The van der Waals surface area contributed by atoms with Crippen LogP contribution in [-0.4, -0.2) is 26.3 Å². The molecule has 5 nitrogen and oxygen atoms in total. The Bertz CT molecular complexity index is 662. The van der Waals surface area contributed by atoms with Gasteiger partial charge in [0.15, 0.2) is 0 Å². The number of hydrogen-bond acceptors (Lipinski definition) is 4. The molecule has 2 aromatic rings. The molecule has 0 saturated heterocycles. The van der Waals surface area contributed by atoms with Gasteiger partial charge in [-0.15, -0.1) is 0 Å². The van der Waals surface area contributed by atoms with E-state index >= 15 is 0 Å². The Morgan fingerprint density at radius 3 is 2.37 bits per heavy atom. The third-order valence-electron chi connectivity index (χ3n) is 4.27. The van der Waals surface area contributed by atoms with E-state index < -0.39 is 0 Å². The number of amides is 1. The Labute approximate surface area is 162 Å². The molecule has 0 fully saturated rings. The van der Waals surface area contributed by atoms with Crippen LogP contribution in [0.2, 0.25) is 0 Å². The molecule has 0 spiro atoms. The van der Waals surface area contributed by atoms with Crippen molar-refractivity contribution in [2.75, 3.05) is 20.2 Å². The highest BCUT2D eigenvalue weighted by molar-refractivity contribution is 5.67. The van der Waals surface area contributed by atoms with Crippen LogP contribution >= 0.6 is 0 Å². The molecule has 0 saturated carbocycles. The van der Waals surface area contributed by atoms with E-state index in [1.807, 2.05) is 48.5 Å². The maximum Gasteiger partial charge on any atom is 0.407 e. The summed E-state index contributed by atoms with van der Waals surface area (Å²) in [6.45, 7) is 2.76. The molecule has 0 aliphatic rings. The number of benzene rings is 2. The van der Waals surface area contributed by atoms with Crippen molar-refractivity contribution in [1.82, 2.24) is 10.6 Å². The van der Waals surface area contributed by atoms with Gasteiger partial charge < -0.3 is 20.1 Å². The fourth-order valence-corrected chi connectivity index (χ4v) is 2.77. The minimum absolute atomic E-state index is 0.310.